The van der Waals surface area contributed by atoms with Crippen LogP contribution in [-0.2, 0) is 0 Å². The average Bonchev–Trinajstić information content (AvgIpc) is 2.15. The third-order valence-corrected chi connectivity index (χ3v) is 3.52. The lowest BCUT2D eigenvalue weighted by molar-refractivity contribution is 0.0561. The maximum atomic E-state index is 11.8. The van der Waals surface area contributed by atoms with E-state index in [1.165, 1.54) is 0 Å². The first-order valence-corrected chi connectivity index (χ1v) is 6.27. The molecule has 1 fully saturated rings. The first-order chi connectivity index (χ1) is 7.56. The highest BCUT2D eigenvalue weighted by molar-refractivity contribution is 9.10. The van der Waals surface area contributed by atoms with Crippen LogP contribution in [0, 0.1) is 0 Å². The Labute approximate surface area is 108 Å². The van der Waals surface area contributed by atoms with Crippen molar-refractivity contribution >= 4 is 34.5 Å². The van der Waals surface area contributed by atoms with Crippen LogP contribution in [0.5, 0.6) is 0 Å². The van der Waals surface area contributed by atoms with E-state index in [2.05, 4.69) is 33.9 Å². The molecule has 5 heteroatoms. The van der Waals surface area contributed by atoms with Gasteiger partial charge < -0.3 is 10.4 Å². The first kappa shape index (κ1) is 12.0. The van der Waals surface area contributed by atoms with Gasteiger partial charge in [0, 0.05) is 15.4 Å². The van der Waals surface area contributed by atoms with Gasteiger partial charge in [-0.15, -0.1) is 12.6 Å². The minimum absolute atomic E-state index is 0.0962. The molecule has 0 radical (unpaired) electrons. The van der Waals surface area contributed by atoms with E-state index in [9.17, 15) is 4.79 Å². The molecule has 16 heavy (non-hydrogen) atoms. The molecule has 1 saturated carbocycles. The largest absolute Gasteiger partial charge is 0.393 e. The molecular weight excluding hydrogens is 290 g/mol. The van der Waals surface area contributed by atoms with Gasteiger partial charge in [-0.25, -0.2) is 0 Å². The number of hydrogen-bond acceptors (Lipinski definition) is 3. The van der Waals surface area contributed by atoms with E-state index < -0.39 is 0 Å². The molecule has 0 atom stereocenters. The molecule has 0 unspecified atom stereocenters. The molecule has 2 rings (SSSR count). The van der Waals surface area contributed by atoms with Crippen molar-refractivity contribution in [2.75, 3.05) is 0 Å². The number of benzene rings is 1. The van der Waals surface area contributed by atoms with E-state index in [1.54, 1.807) is 12.1 Å². The van der Waals surface area contributed by atoms with Gasteiger partial charge >= 0.3 is 0 Å². The van der Waals surface area contributed by atoms with Crippen molar-refractivity contribution in [3.8, 4) is 0 Å². The van der Waals surface area contributed by atoms with Crippen LogP contribution in [-0.4, -0.2) is 23.2 Å². The molecule has 0 aliphatic heterocycles. The molecule has 0 saturated heterocycles. The Hall–Kier alpha value is -0.520. The summed E-state index contributed by atoms with van der Waals surface area (Å²) in [4.78, 5) is 12.5. The van der Waals surface area contributed by atoms with Crippen molar-refractivity contribution in [1.82, 2.24) is 5.32 Å². The summed E-state index contributed by atoms with van der Waals surface area (Å²) < 4.78 is 0.896. The Morgan fingerprint density at radius 3 is 2.75 bits per heavy atom. The van der Waals surface area contributed by atoms with E-state index in [0.717, 1.165) is 4.47 Å². The molecule has 1 amide bonds. The summed E-state index contributed by atoms with van der Waals surface area (Å²) in [6.07, 6.45) is 1.03. The van der Waals surface area contributed by atoms with E-state index >= 15 is 0 Å². The zero-order valence-corrected chi connectivity index (χ0v) is 11.0. The number of halogens is 1. The number of aliphatic hydroxyl groups is 1. The highest BCUT2D eigenvalue weighted by atomic mass is 79.9. The third kappa shape index (κ3) is 2.59. The predicted octanol–water partition coefficient (Wildman–Crippen LogP) is 1.99. The quantitative estimate of drug-likeness (QED) is 0.732. The van der Waals surface area contributed by atoms with Gasteiger partial charge in [0.25, 0.3) is 5.91 Å². The zero-order chi connectivity index (χ0) is 11.7. The monoisotopic (exact) mass is 301 g/mol. The van der Waals surface area contributed by atoms with Gasteiger partial charge in [-0.3, -0.25) is 4.79 Å². The van der Waals surface area contributed by atoms with Crippen LogP contribution < -0.4 is 5.32 Å². The molecule has 1 aliphatic carbocycles. The lowest BCUT2D eigenvalue weighted by Gasteiger charge is -2.32. The molecule has 0 aromatic heterocycles. The molecular formula is C11H12BrNO2S. The normalized spacial score (nSPS) is 23.7. The number of carbonyl (C=O) groups excluding carboxylic acids is 1. The fraction of sp³-hybridized carbons (Fsp3) is 0.364. The average molecular weight is 302 g/mol. The zero-order valence-electron chi connectivity index (χ0n) is 8.48. The van der Waals surface area contributed by atoms with Crippen molar-refractivity contribution < 1.29 is 9.90 Å². The summed E-state index contributed by atoms with van der Waals surface area (Å²) in [5.41, 5.74) is 0.563. The number of hydrogen-bond donors (Lipinski definition) is 3. The molecule has 86 valence electrons. The number of nitrogens with one attached hydrogen (secondary N) is 1. The van der Waals surface area contributed by atoms with Crippen molar-refractivity contribution in [2.45, 2.75) is 29.9 Å². The second-order valence-electron chi connectivity index (χ2n) is 3.96. The summed E-state index contributed by atoms with van der Waals surface area (Å²) in [6, 6.07) is 5.42. The Morgan fingerprint density at radius 2 is 2.19 bits per heavy atom. The maximum absolute atomic E-state index is 11.8. The Morgan fingerprint density at radius 1 is 1.50 bits per heavy atom. The number of thiol groups is 1. The Bertz CT molecular complexity index is 418. The maximum Gasteiger partial charge on any atom is 0.252 e. The predicted molar refractivity (Wildman–Crippen MR) is 67.9 cm³/mol. The van der Waals surface area contributed by atoms with Gasteiger partial charge in [-0.2, -0.15) is 0 Å². The van der Waals surface area contributed by atoms with Gasteiger partial charge in [0.1, 0.15) is 0 Å². The highest BCUT2D eigenvalue weighted by Crippen LogP contribution is 2.22. The van der Waals surface area contributed by atoms with Crippen LogP contribution >= 0.6 is 28.6 Å². The first-order valence-electron chi connectivity index (χ1n) is 5.03. The topological polar surface area (TPSA) is 49.3 Å². The molecule has 3 nitrogen and oxygen atoms in total. The lowest BCUT2D eigenvalue weighted by Crippen LogP contribution is -2.46. The van der Waals surface area contributed by atoms with E-state index in [0.29, 0.717) is 23.3 Å². The molecule has 1 aromatic rings. The Kier molecular flexibility index (Phi) is 3.56. The van der Waals surface area contributed by atoms with Gasteiger partial charge in [-0.05, 0) is 31.0 Å². The van der Waals surface area contributed by atoms with Crippen molar-refractivity contribution in [2.24, 2.45) is 0 Å². The SMILES string of the molecule is O=C(NC1CC(O)C1)c1ccc(Br)cc1S. The third-order valence-electron chi connectivity index (χ3n) is 2.65. The van der Waals surface area contributed by atoms with Crippen LogP contribution in [0.15, 0.2) is 27.6 Å². The van der Waals surface area contributed by atoms with Crippen LogP contribution in [0.25, 0.3) is 0 Å². The summed E-state index contributed by atoms with van der Waals surface area (Å²) >= 11 is 7.57. The lowest BCUT2D eigenvalue weighted by atomic mass is 9.89. The van der Waals surface area contributed by atoms with Crippen LogP contribution in [0.4, 0.5) is 0 Å². The minimum atomic E-state index is -0.259. The van der Waals surface area contributed by atoms with Crippen LogP contribution in [0.2, 0.25) is 0 Å². The van der Waals surface area contributed by atoms with Gasteiger partial charge in [0.2, 0.25) is 0 Å². The van der Waals surface area contributed by atoms with Gasteiger partial charge in [0.05, 0.1) is 11.7 Å². The molecule has 0 heterocycles. The van der Waals surface area contributed by atoms with Gasteiger partial charge in [0.15, 0.2) is 0 Å². The molecule has 1 aliphatic rings. The number of aliphatic hydroxyl groups excluding tert-OH is 1. The number of rotatable bonds is 2. The van der Waals surface area contributed by atoms with E-state index in [-0.39, 0.29) is 18.1 Å². The van der Waals surface area contributed by atoms with Gasteiger partial charge in [-0.1, -0.05) is 15.9 Å². The summed E-state index contributed by atoms with van der Waals surface area (Å²) in [5, 5.41) is 12.0. The highest BCUT2D eigenvalue weighted by Gasteiger charge is 2.28. The smallest absolute Gasteiger partial charge is 0.252 e. The summed E-state index contributed by atoms with van der Waals surface area (Å²) in [6.45, 7) is 0. The Balaban J connectivity index is 2.03. The molecule has 1 aromatic carbocycles. The second kappa shape index (κ2) is 4.77. The molecule has 0 spiro atoms. The summed E-state index contributed by atoms with van der Waals surface area (Å²) in [7, 11) is 0. The van der Waals surface area contributed by atoms with Crippen molar-refractivity contribution in [3.05, 3.63) is 28.2 Å². The second-order valence-corrected chi connectivity index (χ2v) is 5.35. The summed E-state index contributed by atoms with van der Waals surface area (Å²) in [5.74, 6) is -0.130. The molecule has 0 bridgehead atoms. The fourth-order valence-electron chi connectivity index (χ4n) is 1.67. The van der Waals surface area contributed by atoms with Crippen LogP contribution in [0.1, 0.15) is 23.2 Å². The fourth-order valence-corrected chi connectivity index (χ4v) is 2.52. The number of amides is 1. The molecule has 2 N–H and O–H groups in total. The van der Waals surface area contributed by atoms with Crippen LogP contribution in [0.3, 0.4) is 0 Å². The number of carbonyl (C=O) groups is 1. The van der Waals surface area contributed by atoms with E-state index in [1.807, 2.05) is 6.07 Å². The minimum Gasteiger partial charge on any atom is -0.393 e. The van der Waals surface area contributed by atoms with E-state index in [4.69, 9.17) is 5.11 Å². The van der Waals surface area contributed by atoms with Crippen molar-refractivity contribution in [3.63, 3.8) is 0 Å². The van der Waals surface area contributed by atoms with Crippen molar-refractivity contribution in [1.29, 1.82) is 0 Å². The standard InChI is InChI=1S/C11H12BrNO2S/c12-6-1-2-9(10(16)3-6)11(15)13-7-4-8(14)5-7/h1-3,7-8,14,16H,4-5H2,(H,13,15).